The van der Waals surface area contributed by atoms with Crippen LogP contribution in [0.2, 0.25) is 0 Å². The summed E-state index contributed by atoms with van der Waals surface area (Å²) < 4.78 is 0. The fourth-order valence-electron chi connectivity index (χ4n) is 2.40. The van der Waals surface area contributed by atoms with Crippen LogP contribution in [-0.4, -0.2) is 16.7 Å². The topological polar surface area (TPSA) is 94.9 Å². The predicted molar refractivity (Wildman–Crippen MR) is 105 cm³/mol. The third kappa shape index (κ3) is 4.37. The largest absolute Gasteiger partial charge is 0.331 e. The SMILES string of the molecule is CC(=O)Nc1nc(Nc2ccc(C)cc2)sc1C(=O)c1cccc(C#N)c1. The van der Waals surface area contributed by atoms with Crippen molar-refractivity contribution in [3.8, 4) is 6.07 Å². The number of aryl methyl sites for hydroxylation is 1. The molecule has 3 aromatic rings. The highest BCUT2D eigenvalue weighted by atomic mass is 32.1. The van der Waals surface area contributed by atoms with Gasteiger partial charge in [0.05, 0.1) is 11.6 Å². The number of anilines is 3. The standard InChI is InChI=1S/C20H16N4O2S/c1-12-6-8-16(9-7-12)23-20-24-19(22-13(2)25)18(27-20)17(26)15-5-3-4-14(10-15)11-21/h3-10H,1-2H3,(H,22,25)(H,23,24). The first-order valence-electron chi connectivity index (χ1n) is 8.13. The minimum absolute atomic E-state index is 0.203. The van der Waals surface area contributed by atoms with E-state index in [1.807, 2.05) is 37.3 Å². The van der Waals surface area contributed by atoms with Crippen molar-refractivity contribution in [2.75, 3.05) is 10.6 Å². The lowest BCUT2D eigenvalue weighted by atomic mass is 10.1. The van der Waals surface area contributed by atoms with Crippen LogP contribution in [0.3, 0.4) is 0 Å². The van der Waals surface area contributed by atoms with Crippen molar-refractivity contribution in [1.29, 1.82) is 5.26 Å². The minimum Gasteiger partial charge on any atom is -0.331 e. The van der Waals surface area contributed by atoms with Crippen molar-refractivity contribution >= 4 is 39.7 Å². The number of rotatable bonds is 5. The zero-order valence-corrected chi connectivity index (χ0v) is 15.6. The molecule has 1 heterocycles. The number of hydrogen-bond donors (Lipinski definition) is 2. The van der Waals surface area contributed by atoms with Crippen molar-refractivity contribution < 1.29 is 9.59 Å². The lowest BCUT2D eigenvalue weighted by molar-refractivity contribution is -0.114. The molecule has 0 unspecified atom stereocenters. The summed E-state index contributed by atoms with van der Waals surface area (Å²) in [6.45, 7) is 3.35. The molecule has 2 N–H and O–H groups in total. The summed E-state index contributed by atoms with van der Waals surface area (Å²) in [5, 5.41) is 15.3. The molecule has 134 valence electrons. The fourth-order valence-corrected chi connectivity index (χ4v) is 3.30. The van der Waals surface area contributed by atoms with Crippen molar-refractivity contribution in [2.45, 2.75) is 13.8 Å². The number of nitriles is 1. The Morgan fingerprint density at radius 1 is 1.15 bits per heavy atom. The van der Waals surface area contributed by atoms with Crippen molar-refractivity contribution in [3.63, 3.8) is 0 Å². The second-order valence-corrected chi connectivity index (χ2v) is 6.89. The van der Waals surface area contributed by atoms with Gasteiger partial charge in [-0.1, -0.05) is 41.2 Å². The first-order valence-corrected chi connectivity index (χ1v) is 8.95. The number of ketones is 1. The quantitative estimate of drug-likeness (QED) is 0.649. The maximum Gasteiger partial charge on any atom is 0.222 e. The molecule has 0 saturated carbocycles. The zero-order valence-electron chi connectivity index (χ0n) is 14.7. The van der Waals surface area contributed by atoms with E-state index in [1.165, 1.54) is 13.0 Å². The average molecular weight is 376 g/mol. The van der Waals surface area contributed by atoms with Gasteiger partial charge in [-0.15, -0.1) is 0 Å². The minimum atomic E-state index is -0.318. The summed E-state index contributed by atoms with van der Waals surface area (Å²) in [4.78, 5) is 29.1. The fraction of sp³-hybridized carbons (Fsp3) is 0.100. The number of carbonyl (C=O) groups excluding carboxylic acids is 2. The zero-order chi connectivity index (χ0) is 19.4. The van der Waals surface area contributed by atoms with Crippen LogP contribution >= 0.6 is 11.3 Å². The third-order valence-electron chi connectivity index (χ3n) is 3.68. The van der Waals surface area contributed by atoms with E-state index in [9.17, 15) is 9.59 Å². The number of amides is 1. The number of nitrogens with zero attached hydrogens (tertiary/aromatic N) is 2. The summed E-state index contributed by atoms with van der Waals surface area (Å²) in [6, 6.07) is 16.2. The highest BCUT2D eigenvalue weighted by molar-refractivity contribution is 7.18. The molecule has 0 radical (unpaired) electrons. The molecule has 0 saturated heterocycles. The lowest BCUT2D eigenvalue weighted by Gasteiger charge is -2.02. The first-order chi connectivity index (χ1) is 13.0. The number of thiazole rings is 1. The van der Waals surface area contributed by atoms with Gasteiger partial charge in [0.2, 0.25) is 11.7 Å². The molecule has 7 heteroatoms. The van der Waals surface area contributed by atoms with Crippen LogP contribution in [0.25, 0.3) is 0 Å². The summed E-state index contributed by atoms with van der Waals surface area (Å²) in [6.07, 6.45) is 0. The maximum atomic E-state index is 12.9. The number of aromatic nitrogens is 1. The molecule has 6 nitrogen and oxygen atoms in total. The van der Waals surface area contributed by atoms with Gasteiger partial charge < -0.3 is 10.6 Å². The second kappa shape index (κ2) is 7.81. The van der Waals surface area contributed by atoms with E-state index >= 15 is 0 Å². The van der Waals surface area contributed by atoms with Gasteiger partial charge in [-0.05, 0) is 31.2 Å². The van der Waals surface area contributed by atoms with Crippen molar-refractivity contribution in [2.24, 2.45) is 0 Å². The third-order valence-corrected chi connectivity index (χ3v) is 4.65. The molecule has 1 amide bonds. The van der Waals surface area contributed by atoms with Crippen LogP contribution < -0.4 is 10.6 Å². The summed E-state index contributed by atoms with van der Waals surface area (Å²) >= 11 is 1.15. The summed E-state index contributed by atoms with van der Waals surface area (Å²) in [5.74, 6) is -0.415. The number of hydrogen-bond acceptors (Lipinski definition) is 6. The van der Waals surface area contributed by atoms with E-state index in [-0.39, 0.29) is 17.5 Å². The Kier molecular flexibility index (Phi) is 5.29. The average Bonchev–Trinajstić information content (AvgIpc) is 3.04. The van der Waals surface area contributed by atoms with Crippen LogP contribution in [0, 0.1) is 18.3 Å². The Morgan fingerprint density at radius 3 is 2.56 bits per heavy atom. The predicted octanol–water partition coefficient (Wildman–Crippen LogP) is 4.26. The molecule has 0 aliphatic rings. The van der Waals surface area contributed by atoms with Gasteiger partial charge in [-0.25, -0.2) is 4.98 Å². The molecule has 0 spiro atoms. The highest BCUT2D eigenvalue weighted by Crippen LogP contribution is 2.31. The maximum absolute atomic E-state index is 12.9. The smallest absolute Gasteiger partial charge is 0.222 e. The van der Waals surface area contributed by atoms with Crippen molar-refractivity contribution in [1.82, 2.24) is 4.98 Å². The number of benzene rings is 2. The second-order valence-electron chi connectivity index (χ2n) is 5.89. The van der Waals surface area contributed by atoms with E-state index in [1.54, 1.807) is 18.2 Å². The van der Waals surface area contributed by atoms with E-state index in [0.717, 1.165) is 22.6 Å². The Morgan fingerprint density at radius 2 is 1.89 bits per heavy atom. The molecular weight excluding hydrogens is 360 g/mol. The summed E-state index contributed by atoms with van der Waals surface area (Å²) in [5.41, 5.74) is 2.72. The Balaban J connectivity index is 1.96. The molecule has 0 atom stereocenters. The molecule has 0 aliphatic carbocycles. The van der Waals surface area contributed by atoms with Gasteiger partial charge >= 0.3 is 0 Å². The van der Waals surface area contributed by atoms with Crippen LogP contribution in [-0.2, 0) is 4.79 Å². The van der Waals surface area contributed by atoms with E-state index in [4.69, 9.17) is 5.26 Å². The molecule has 3 rings (SSSR count). The van der Waals surface area contributed by atoms with Crippen molar-refractivity contribution in [3.05, 3.63) is 70.1 Å². The molecule has 1 aromatic heterocycles. The van der Waals surface area contributed by atoms with E-state index < -0.39 is 0 Å². The van der Waals surface area contributed by atoms with E-state index in [0.29, 0.717) is 21.1 Å². The Labute approximate surface area is 160 Å². The van der Waals surface area contributed by atoms with Gasteiger partial charge in [0, 0.05) is 18.2 Å². The van der Waals surface area contributed by atoms with Gasteiger partial charge in [0.1, 0.15) is 4.88 Å². The number of nitrogens with one attached hydrogen (secondary N) is 2. The Bertz CT molecular complexity index is 1050. The van der Waals surface area contributed by atoms with Gasteiger partial charge in [0.15, 0.2) is 10.9 Å². The Hall–Kier alpha value is -3.50. The first kappa shape index (κ1) is 18.3. The van der Waals surface area contributed by atoms with Crippen LogP contribution in [0.4, 0.5) is 16.6 Å². The van der Waals surface area contributed by atoms with Crippen LogP contribution in [0.15, 0.2) is 48.5 Å². The molecule has 2 aromatic carbocycles. The normalized spacial score (nSPS) is 10.1. The molecule has 0 bridgehead atoms. The van der Waals surface area contributed by atoms with Gasteiger partial charge in [-0.2, -0.15) is 5.26 Å². The van der Waals surface area contributed by atoms with Gasteiger partial charge in [-0.3, -0.25) is 9.59 Å². The molecule has 0 aliphatic heterocycles. The van der Waals surface area contributed by atoms with E-state index in [2.05, 4.69) is 15.6 Å². The number of carbonyl (C=O) groups is 2. The van der Waals surface area contributed by atoms with Crippen LogP contribution in [0.5, 0.6) is 0 Å². The molecular formula is C20H16N4O2S. The summed E-state index contributed by atoms with van der Waals surface area (Å²) in [7, 11) is 0. The molecule has 0 fully saturated rings. The monoisotopic (exact) mass is 376 g/mol. The van der Waals surface area contributed by atoms with Gasteiger partial charge in [0.25, 0.3) is 0 Å². The van der Waals surface area contributed by atoms with Crippen LogP contribution in [0.1, 0.15) is 33.3 Å². The highest BCUT2D eigenvalue weighted by Gasteiger charge is 2.21. The molecule has 27 heavy (non-hydrogen) atoms. The lowest BCUT2D eigenvalue weighted by Crippen LogP contribution is -2.10.